The van der Waals surface area contributed by atoms with Crippen molar-refractivity contribution < 1.29 is 9.90 Å². The number of fused-ring (bicyclic) bond motifs is 1. The van der Waals surface area contributed by atoms with Crippen molar-refractivity contribution in [2.24, 2.45) is 0 Å². The quantitative estimate of drug-likeness (QED) is 0.795. The van der Waals surface area contributed by atoms with Crippen molar-refractivity contribution in [1.82, 2.24) is 14.6 Å². The molecule has 5 nitrogen and oxygen atoms in total. The van der Waals surface area contributed by atoms with Gasteiger partial charge in [-0.05, 0) is 6.92 Å². The average Bonchev–Trinajstić information content (AvgIpc) is 2.90. The van der Waals surface area contributed by atoms with Gasteiger partial charge in [-0.25, -0.2) is 9.50 Å². The molecule has 0 atom stereocenters. The molecule has 3 aromatic rings. The number of benzene rings is 1. The lowest BCUT2D eigenvalue weighted by molar-refractivity contribution is -0.136. The first-order chi connectivity index (χ1) is 9.15. The minimum Gasteiger partial charge on any atom is -0.481 e. The van der Waals surface area contributed by atoms with E-state index in [4.69, 9.17) is 5.11 Å². The highest BCUT2D eigenvalue weighted by atomic mass is 32.1. The summed E-state index contributed by atoms with van der Waals surface area (Å²) in [5.74, 6) is -0.849. The summed E-state index contributed by atoms with van der Waals surface area (Å²) in [6, 6.07) is 7.95. The van der Waals surface area contributed by atoms with Gasteiger partial charge in [0.2, 0.25) is 4.96 Å². The van der Waals surface area contributed by atoms with Crippen LogP contribution < -0.4 is 0 Å². The maximum absolute atomic E-state index is 11.0. The minimum atomic E-state index is -0.849. The van der Waals surface area contributed by atoms with Gasteiger partial charge in [0.05, 0.1) is 12.1 Å². The Kier molecular flexibility index (Phi) is 2.79. The van der Waals surface area contributed by atoms with E-state index in [0.29, 0.717) is 4.96 Å². The van der Waals surface area contributed by atoms with E-state index in [2.05, 4.69) is 10.1 Å². The molecule has 6 heteroatoms. The van der Waals surface area contributed by atoms with Gasteiger partial charge in [-0.15, -0.1) is 0 Å². The molecule has 1 aromatic carbocycles. The van der Waals surface area contributed by atoms with Crippen LogP contribution >= 0.6 is 11.3 Å². The van der Waals surface area contributed by atoms with E-state index in [1.807, 2.05) is 31.2 Å². The Morgan fingerprint density at radius 3 is 2.79 bits per heavy atom. The Labute approximate surface area is 113 Å². The number of hydrogen-bond acceptors (Lipinski definition) is 4. The third-order valence-corrected chi connectivity index (χ3v) is 3.89. The largest absolute Gasteiger partial charge is 0.481 e. The van der Waals surface area contributed by atoms with Crippen molar-refractivity contribution in [2.75, 3.05) is 0 Å². The van der Waals surface area contributed by atoms with E-state index in [0.717, 1.165) is 21.7 Å². The van der Waals surface area contributed by atoms with E-state index < -0.39 is 5.97 Å². The van der Waals surface area contributed by atoms with Gasteiger partial charge in [0.15, 0.2) is 0 Å². The predicted octanol–water partition coefficient (Wildman–Crippen LogP) is 2.39. The van der Waals surface area contributed by atoms with E-state index in [1.54, 1.807) is 4.52 Å². The highest BCUT2D eigenvalue weighted by Gasteiger charge is 2.17. The monoisotopic (exact) mass is 273 g/mol. The Balaban J connectivity index is 2.21. The predicted molar refractivity (Wildman–Crippen MR) is 72.4 cm³/mol. The molecule has 0 amide bonds. The standard InChI is InChI=1S/C13H11N3O2S/c1-8-2-4-9(5-3-8)12-10(6-11(17)18)19-13-14-7-15-16(12)13/h2-5,7H,6H2,1H3,(H,17,18). The second-order valence-corrected chi connectivity index (χ2v) is 5.33. The molecule has 0 fully saturated rings. The lowest BCUT2D eigenvalue weighted by atomic mass is 10.1. The van der Waals surface area contributed by atoms with Crippen LogP contribution in [0.15, 0.2) is 30.6 Å². The van der Waals surface area contributed by atoms with Crippen LogP contribution in [0, 0.1) is 6.92 Å². The summed E-state index contributed by atoms with van der Waals surface area (Å²) >= 11 is 1.37. The van der Waals surface area contributed by atoms with Gasteiger partial charge >= 0.3 is 5.97 Å². The zero-order chi connectivity index (χ0) is 13.4. The molecule has 0 bridgehead atoms. The molecule has 0 aliphatic carbocycles. The number of aliphatic carboxylic acids is 1. The second-order valence-electron chi connectivity index (χ2n) is 4.26. The van der Waals surface area contributed by atoms with Gasteiger partial charge in [0, 0.05) is 10.4 Å². The van der Waals surface area contributed by atoms with Crippen LogP contribution in [0.5, 0.6) is 0 Å². The summed E-state index contributed by atoms with van der Waals surface area (Å²) in [7, 11) is 0. The molecule has 0 aliphatic heterocycles. The topological polar surface area (TPSA) is 67.5 Å². The third kappa shape index (κ3) is 2.10. The number of aromatic nitrogens is 3. The molecule has 1 N–H and O–H groups in total. The minimum absolute atomic E-state index is 0.0150. The Morgan fingerprint density at radius 2 is 2.11 bits per heavy atom. The molecule has 3 rings (SSSR count). The Hall–Kier alpha value is -2.21. The van der Waals surface area contributed by atoms with Gasteiger partial charge in [-0.1, -0.05) is 41.2 Å². The van der Waals surface area contributed by atoms with Gasteiger partial charge in [0.25, 0.3) is 0 Å². The van der Waals surface area contributed by atoms with Crippen molar-refractivity contribution in [3.8, 4) is 11.3 Å². The molecule has 2 heterocycles. The van der Waals surface area contributed by atoms with Gasteiger partial charge in [-0.2, -0.15) is 5.10 Å². The second kappa shape index (κ2) is 4.47. The van der Waals surface area contributed by atoms with Crippen LogP contribution in [0.4, 0.5) is 0 Å². The maximum atomic E-state index is 11.0. The highest BCUT2D eigenvalue weighted by Crippen LogP contribution is 2.31. The van der Waals surface area contributed by atoms with E-state index in [1.165, 1.54) is 17.7 Å². The number of rotatable bonds is 3. The van der Waals surface area contributed by atoms with Crippen LogP contribution in [-0.4, -0.2) is 25.7 Å². The number of carboxylic acids is 1. The van der Waals surface area contributed by atoms with Crippen LogP contribution in [0.2, 0.25) is 0 Å². The number of nitrogens with zero attached hydrogens (tertiary/aromatic N) is 3. The molecule has 0 saturated heterocycles. The molecular formula is C13H11N3O2S. The van der Waals surface area contributed by atoms with Crippen molar-refractivity contribution in [1.29, 1.82) is 0 Å². The first-order valence-electron chi connectivity index (χ1n) is 5.75. The zero-order valence-electron chi connectivity index (χ0n) is 10.2. The molecule has 2 aromatic heterocycles. The molecule has 19 heavy (non-hydrogen) atoms. The van der Waals surface area contributed by atoms with Gasteiger partial charge < -0.3 is 5.11 Å². The molecular weight excluding hydrogens is 262 g/mol. The number of carboxylic acid groups (broad SMARTS) is 1. The van der Waals surface area contributed by atoms with Crippen molar-refractivity contribution in [3.63, 3.8) is 0 Å². The fraction of sp³-hybridized carbons (Fsp3) is 0.154. The van der Waals surface area contributed by atoms with Crippen molar-refractivity contribution in [3.05, 3.63) is 41.0 Å². The van der Waals surface area contributed by atoms with Gasteiger partial charge in [0.1, 0.15) is 6.33 Å². The van der Waals surface area contributed by atoms with Crippen molar-refractivity contribution >= 4 is 22.3 Å². The van der Waals surface area contributed by atoms with Crippen molar-refractivity contribution in [2.45, 2.75) is 13.3 Å². The molecule has 0 radical (unpaired) electrons. The summed E-state index contributed by atoms with van der Waals surface area (Å²) < 4.78 is 1.70. The van der Waals surface area contributed by atoms with E-state index >= 15 is 0 Å². The zero-order valence-corrected chi connectivity index (χ0v) is 11.0. The molecule has 0 aliphatic rings. The van der Waals surface area contributed by atoms with E-state index in [9.17, 15) is 4.79 Å². The lowest BCUT2D eigenvalue weighted by Gasteiger charge is -2.03. The van der Waals surface area contributed by atoms with Crippen LogP contribution in [0.1, 0.15) is 10.4 Å². The summed E-state index contributed by atoms with van der Waals surface area (Å²) in [4.78, 5) is 16.6. The van der Waals surface area contributed by atoms with E-state index in [-0.39, 0.29) is 6.42 Å². The first-order valence-corrected chi connectivity index (χ1v) is 6.57. The number of carbonyl (C=O) groups is 1. The average molecular weight is 273 g/mol. The third-order valence-electron chi connectivity index (χ3n) is 2.84. The van der Waals surface area contributed by atoms with Crippen LogP contribution in [-0.2, 0) is 11.2 Å². The molecule has 96 valence electrons. The highest BCUT2D eigenvalue weighted by molar-refractivity contribution is 7.17. The normalized spacial score (nSPS) is 11.0. The molecule has 0 unspecified atom stereocenters. The first kappa shape index (κ1) is 11.9. The van der Waals surface area contributed by atoms with Crippen LogP contribution in [0.25, 0.3) is 16.2 Å². The SMILES string of the molecule is Cc1ccc(-c2c(CC(=O)O)sc3ncnn23)cc1. The number of thiazole rings is 1. The lowest BCUT2D eigenvalue weighted by Crippen LogP contribution is -2.01. The summed E-state index contributed by atoms with van der Waals surface area (Å²) in [5, 5.41) is 13.2. The van der Waals surface area contributed by atoms with Gasteiger partial charge in [-0.3, -0.25) is 4.79 Å². The summed E-state index contributed by atoms with van der Waals surface area (Å²) in [6.45, 7) is 2.01. The smallest absolute Gasteiger partial charge is 0.308 e. The number of hydrogen-bond donors (Lipinski definition) is 1. The maximum Gasteiger partial charge on any atom is 0.308 e. The number of aryl methyl sites for hydroxylation is 1. The fourth-order valence-corrected chi connectivity index (χ4v) is 3.02. The molecule has 0 spiro atoms. The molecule has 0 saturated carbocycles. The Morgan fingerprint density at radius 1 is 1.37 bits per heavy atom. The summed E-state index contributed by atoms with van der Waals surface area (Å²) in [6.07, 6.45) is 1.47. The summed E-state index contributed by atoms with van der Waals surface area (Å²) in [5.41, 5.74) is 2.94. The fourth-order valence-electron chi connectivity index (χ4n) is 1.98. The van der Waals surface area contributed by atoms with Crippen LogP contribution in [0.3, 0.4) is 0 Å². The Bertz CT molecular complexity index is 743.